The van der Waals surface area contributed by atoms with E-state index in [-0.39, 0.29) is 0 Å². The monoisotopic (exact) mass is 295 g/mol. The number of benzene rings is 1. The van der Waals surface area contributed by atoms with Gasteiger partial charge in [-0.2, -0.15) is 0 Å². The molecule has 0 saturated heterocycles. The van der Waals surface area contributed by atoms with Crippen LogP contribution in [-0.2, 0) is 4.74 Å². The van der Waals surface area contributed by atoms with Crippen LogP contribution in [0.1, 0.15) is 34.1 Å². The molecule has 0 fully saturated rings. The van der Waals surface area contributed by atoms with E-state index in [0.29, 0.717) is 25.7 Å². The van der Waals surface area contributed by atoms with Crippen molar-refractivity contribution in [3.63, 3.8) is 0 Å². The lowest BCUT2D eigenvalue weighted by molar-refractivity contribution is 0.132. The molecule has 0 heterocycles. The first kappa shape index (κ1) is 17.6. The Labute approximate surface area is 128 Å². The number of ether oxygens (including phenoxy) is 3. The van der Waals surface area contributed by atoms with E-state index in [9.17, 15) is 0 Å². The van der Waals surface area contributed by atoms with Gasteiger partial charge in [0, 0.05) is 19.2 Å². The highest BCUT2D eigenvalue weighted by atomic mass is 16.5. The van der Waals surface area contributed by atoms with Gasteiger partial charge in [-0.1, -0.05) is 13.8 Å². The van der Waals surface area contributed by atoms with Crippen LogP contribution >= 0.6 is 0 Å². The second kappa shape index (κ2) is 10.3. The number of rotatable bonds is 11. The van der Waals surface area contributed by atoms with Crippen molar-refractivity contribution in [2.75, 3.05) is 38.3 Å². The molecule has 0 aliphatic rings. The van der Waals surface area contributed by atoms with E-state index in [1.165, 1.54) is 0 Å². The van der Waals surface area contributed by atoms with Gasteiger partial charge in [0.2, 0.25) is 0 Å². The first-order valence-electron chi connectivity index (χ1n) is 7.88. The van der Waals surface area contributed by atoms with E-state index in [0.717, 1.165) is 36.8 Å². The van der Waals surface area contributed by atoms with E-state index < -0.39 is 0 Å². The van der Waals surface area contributed by atoms with Gasteiger partial charge < -0.3 is 19.5 Å². The van der Waals surface area contributed by atoms with Gasteiger partial charge in [0.1, 0.15) is 11.5 Å². The minimum Gasteiger partial charge on any atom is -0.494 e. The summed E-state index contributed by atoms with van der Waals surface area (Å²) >= 11 is 0. The number of hydrogen-bond donors (Lipinski definition) is 1. The van der Waals surface area contributed by atoms with Gasteiger partial charge in [-0.05, 0) is 38.3 Å². The largest absolute Gasteiger partial charge is 0.494 e. The van der Waals surface area contributed by atoms with Crippen LogP contribution in [0.3, 0.4) is 0 Å². The summed E-state index contributed by atoms with van der Waals surface area (Å²) in [4.78, 5) is 0. The zero-order valence-corrected chi connectivity index (χ0v) is 13.8. The van der Waals surface area contributed by atoms with Crippen molar-refractivity contribution < 1.29 is 14.2 Å². The Bertz CT molecular complexity index is 394. The molecule has 0 aliphatic carbocycles. The van der Waals surface area contributed by atoms with E-state index in [1.807, 2.05) is 32.0 Å². The molecule has 0 aromatic heterocycles. The number of nitrogens with one attached hydrogen (secondary N) is 1. The maximum Gasteiger partial charge on any atom is 0.142 e. The number of hydrogen-bond acceptors (Lipinski definition) is 4. The molecular weight excluding hydrogens is 266 g/mol. The standard InChI is InChI=1S/C17H29NO3/c1-5-20-15-7-8-17(21-6-2)16(13-15)18-10-12-19-11-9-14(3)4/h7-8,13-14,18H,5-6,9-12H2,1-4H3. The van der Waals surface area contributed by atoms with Gasteiger partial charge in [0.15, 0.2) is 0 Å². The summed E-state index contributed by atoms with van der Waals surface area (Å²) < 4.78 is 16.8. The molecule has 4 heteroatoms. The van der Waals surface area contributed by atoms with Gasteiger partial charge in [-0.3, -0.25) is 0 Å². The van der Waals surface area contributed by atoms with Crippen LogP contribution in [0, 0.1) is 5.92 Å². The Morgan fingerprint density at radius 2 is 1.81 bits per heavy atom. The first-order valence-corrected chi connectivity index (χ1v) is 7.88. The van der Waals surface area contributed by atoms with Crippen molar-refractivity contribution in [2.24, 2.45) is 5.92 Å². The van der Waals surface area contributed by atoms with Crippen molar-refractivity contribution in [2.45, 2.75) is 34.1 Å². The fourth-order valence-electron chi connectivity index (χ4n) is 1.86. The van der Waals surface area contributed by atoms with Gasteiger partial charge in [-0.25, -0.2) is 0 Å². The molecular formula is C17H29NO3. The van der Waals surface area contributed by atoms with Gasteiger partial charge >= 0.3 is 0 Å². The van der Waals surface area contributed by atoms with Crippen LogP contribution in [-0.4, -0.2) is 33.0 Å². The normalized spacial score (nSPS) is 10.7. The van der Waals surface area contributed by atoms with Crippen molar-refractivity contribution in [3.05, 3.63) is 18.2 Å². The average molecular weight is 295 g/mol. The molecule has 0 spiro atoms. The van der Waals surface area contributed by atoms with Crippen LogP contribution in [0.15, 0.2) is 18.2 Å². The molecule has 0 radical (unpaired) electrons. The third-order valence-electron chi connectivity index (χ3n) is 2.96. The summed E-state index contributed by atoms with van der Waals surface area (Å²) in [7, 11) is 0. The molecule has 21 heavy (non-hydrogen) atoms. The molecule has 0 aliphatic heterocycles. The smallest absolute Gasteiger partial charge is 0.142 e. The Morgan fingerprint density at radius 3 is 2.48 bits per heavy atom. The summed E-state index contributed by atoms with van der Waals surface area (Å²) in [6.07, 6.45) is 1.10. The zero-order chi connectivity index (χ0) is 15.5. The summed E-state index contributed by atoms with van der Waals surface area (Å²) in [5.74, 6) is 2.39. The Balaban J connectivity index is 2.45. The lowest BCUT2D eigenvalue weighted by Crippen LogP contribution is -2.12. The van der Waals surface area contributed by atoms with Crippen LogP contribution in [0.2, 0.25) is 0 Å². The van der Waals surface area contributed by atoms with Crippen molar-refractivity contribution in [3.8, 4) is 11.5 Å². The van der Waals surface area contributed by atoms with Gasteiger partial charge in [-0.15, -0.1) is 0 Å². The molecule has 1 rings (SSSR count). The Hall–Kier alpha value is -1.42. The van der Waals surface area contributed by atoms with E-state index >= 15 is 0 Å². The highest BCUT2D eigenvalue weighted by molar-refractivity contribution is 5.59. The lowest BCUT2D eigenvalue weighted by Gasteiger charge is -2.14. The molecule has 0 atom stereocenters. The molecule has 120 valence electrons. The fraction of sp³-hybridized carbons (Fsp3) is 0.647. The summed E-state index contributed by atoms with van der Waals surface area (Å²) in [5, 5.41) is 3.36. The van der Waals surface area contributed by atoms with Crippen LogP contribution in [0.25, 0.3) is 0 Å². The summed E-state index contributed by atoms with van der Waals surface area (Å²) in [6.45, 7) is 11.9. The molecule has 0 unspecified atom stereocenters. The minimum atomic E-state index is 0.646. The van der Waals surface area contributed by atoms with Gasteiger partial charge in [0.05, 0.1) is 25.5 Å². The van der Waals surface area contributed by atoms with Gasteiger partial charge in [0.25, 0.3) is 0 Å². The van der Waals surface area contributed by atoms with Crippen molar-refractivity contribution in [1.82, 2.24) is 0 Å². The molecule has 1 aromatic rings. The van der Waals surface area contributed by atoms with Crippen molar-refractivity contribution in [1.29, 1.82) is 0 Å². The predicted molar refractivity (Wildman–Crippen MR) is 87.5 cm³/mol. The quantitative estimate of drug-likeness (QED) is 0.627. The maximum atomic E-state index is 5.62. The lowest BCUT2D eigenvalue weighted by atomic mass is 10.1. The van der Waals surface area contributed by atoms with E-state index in [2.05, 4.69) is 19.2 Å². The topological polar surface area (TPSA) is 39.7 Å². The molecule has 1 aromatic carbocycles. The average Bonchev–Trinajstić information content (AvgIpc) is 2.45. The van der Waals surface area contributed by atoms with Crippen LogP contribution in [0.4, 0.5) is 5.69 Å². The van der Waals surface area contributed by atoms with Crippen LogP contribution < -0.4 is 14.8 Å². The maximum absolute atomic E-state index is 5.62. The summed E-state index contributed by atoms with van der Waals surface area (Å²) in [5.41, 5.74) is 0.954. The first-order chi connectivity index (χ1) is 10.2. The predicted octanol–water partition coefficient (Wildman–Crippen LogP) is 3.96. The third kappa shape index (κ3) is 7.23. The fourth-order valence-corrected chi connectivity index (χ4v) is 1.86. The molecule has 0 bridgehead atoms. The second-order valence-electron chi connectivity index (χ2n) is 5.25. The zero-order valence-electron chi connectivity index (χ0n) is 13.8. The molecule has 0 saturated carbocycles. The highest BCUT2D eigenvalue weighted by Gasteiger charge is 2.05. The minimum absolute atomic E-state index is 0.646. The van der Waals surface area contributed by atoms with E-state index in [1.54, 1.807) is 0 Å². The summed E-state index contributed by atoms with van der Waals surface area (Å²) in [6, 6.07) is 5.85. The van der Waals surface area contributed by atoms with E-state index in [4.69, 9.17) is 14.2 Å². The van der Waals surface area contributed by atoms with Crippen molar-refractivity contribution >= 4 is 5.69 Å². The SMILES string of the molecule is CCOc1ccc(OCC)c(NCCOCCC(C)C)c1. The molecule has 4 nitrogen and oxygen atoms in total. The van der Waals surface area contributed by atoms with Crippen LogP contribution in [0.5, 0.6) is 11.5 Å². The molecule has 1 N–H and O–H groups in total. The Morgan fingerprint density at radius 1 is 1.05 bits per heavy atom. The number of anilines is 1. The highest BCUT2D eigenvalue weighted by Crippen LogP contribution is 2.29. The second-order valence-corrected chi connectivity index (χ2v) is 5.25. The third-order valence-corrected chi connectivity index (χ3v) is 2.96. The molecule has 0 amide bonds. The Kier molecular flexibility index (Phi) is 8.67.